The SMILES string of the molecule is CCn1cc([N+](=O)[O-])c(C(=O)NCc2cnn(C)c2C)n1. The Hall–Kier alpha value is -2.71. The maximum absolute atomic E-state index is 12.1. The van der Waals surface area contributed by atoms with Gasteiger partial charge in [0, 0.05) is 31.4 Å². The van der Waals surface area contributed by atoms with Gasteiger partial charge in [0.2, 0.25) is 5.69 Å². The zero-order valence-electron chi connectivity index (χ0n) is 12.0. The first-order valence-electron chi connectivity index (χ1n) is 6.41. The van der Waals surface area contributed by atoms with Crippen LogP contribution in [-0.2, 0) is 20.1 Å². The predicted molar refractivity (Wildman–Crippen MR) is 73.7 cm³/mol. The summed E-state index contributed by atoms with van der Waals surface area (Å²) in [6.07, 6.45) is 2.90. The van der Waals surface area contributed by atoms with Crippen molar-refractivity contribution in [2.24, 2.45) is 7.05 Å². The molecule has 2 rings (SSSR count). The molecule has 0 radical (unpaired) electrons. The van der Waals surface area contributed by atoms with E-state index in [0.717, 1.165) is 11.3 Å². The van der Waals surface area contributed by atoms with Gasteiger partial charge in [0.05, 0.1) is 11.1 Å². The topological polar surface area (TPSA) is 108 Å². The van der Waals surface area contributed by atoms with E-state index in [2.05, 4.69) is 15.5 Å². The third kappa shape index (κ3) is 2.91. The van der Waals surface area contributed by atoms with Crippen LogP contribution in [0.15, 0.2) is 12.4 Å². The van der Waals surface area contributed by atoms with Gasteiger partial charge in [0.1, 0.15) is 6.20 Å². The average molecular weight is 292 g/mol. The minimum atomic E-state index is -0.608. The van der Waals surface area contributed by atoms with Crippen molar-refractivity contribution in [1.82, 2.24) is 24.9 Å². The van der Waals surface area contributed by atoms with Gasteiger partial charge in [-0.25, -0.2) is 0 Å². The molecular weight excluding hydrogens is 276 g/mol. The van der Waals surface area contributed by atoms with Crippen LogP contribution < -0.4 is 5.32 Å². The smallest absolute Gasteiger partial charge is 0.320 e. The standard InChI is InChI=1S/C12H16N6O3/c1-4-17-7-10(18(20)21)11(15-17)12(19)13-5-9-6-14-16(3)8(9)2/h6-7H,4-5H2,1-3H3,(H,13,19). The molecular formula is C12H16N6O3. The molecule has 0 saturated carbocycles. The highest BCUT2D eigenvalue weighted by molar-refractivity contribution is 5.95. The molecule has 0 atom stereocenters. The van der Waals surface area contributed by atoms with Crippen LogP contribution in [-0.4, -0.2) is 30.4 Å². The number of amides is 1. The monoisotopic (exact) mass is 292 g/mol. The summed E-state index contributed by atoms with van der Waals surface area (Å²) in [5.41, 5.74) is 1.30. The summed E-state index contributed by atoms with van der Waals surface area (Å²) in [6.45, 7) is 4.37. The Balaban J connectivity index is 2.15. The highest BCUT2D eigenvalue weighted by Gasteiger charge is 2.25. The van der Waals surface area contributed by atoms with Crippen molar-refractivity contribution in [3.63, 3.8) is 0 Å². The van der Waals surface area contributed by atoms with E-state index in [4.69, 9.17) is 0 Å². The zero-order chi connectivity index (χ0) is 15.6. The van der Waals surface area contributed by atoms with Crippen LogP contribution in [0.5, 0.6) is 0 Å². The molecule has 0 spiro atoms. The maximum Gasteiger partial charge on any atom is 0.320 e. The summed E-state index contributed by atoms with van der Waals surface area (Å²) in [6, 6.07) is 0. The first-order chi connectivity index (χ1) is 9.93. The molecule has 0 aliphatic heterocycles. The van der Waals surface area contributed by atoms with Crippen molar-refractivity contribution >= 4 is 11.6 Å². The number of hydrogen-bond acceptors (Lipinski definition) is 5. The molecule has 0 aromatic carbocycles. The molecule has 9 heteroatoms. The lowest BCUT2D eigenvalue weighted by molar-refractivity contribution is -0.385. The van der Waals surface area contributed by atoms with Crippen LogP contribution in [0.2, 0.25) is 0 Å². The number of hydrogen-bond donors (Lipinski definition) is 1. The quantitative estimate of drug-likeness (QED) is 0.647. The van der Waals surface area contributed by atoms with E-state index in [-0.39, 0.29) is 17.9 Å². The molecule has 0 aliphatic rings. The van der Waals surface area contributed by atoms with E-state index in [9.17, 15) is 14.9 Å². The van der Waals surface area contributed by atoms with Crippen LogP contribution in [0.3, 0.4) is 0 Å². The van der Waals surface area contributed by atoms with Crippen molar-refractivity contribution in [2.75, 3.05) is 0 Å². The highest BCUT2D eigenvalue weighted by atomic mass is 16.6. The lowest BCUT2D eigenvalue weighted by atomic mass is 10.2. The predicted octanol–water partition coefficient (Wildman–Crippen LogP) is 0.783. The van der Waals surface area contributed by atoms with Crippen molar-refractivity contribution in [1.29, 1.82) is 0 Å². The second kappa shape index (κ2) is 5.73. The average Bonchev–Trinajstić information content (AvgIpc) is 3.02. The summed E-state index contributed by atoms with van der Waals surface area (Å²) < 4.78 is 3.05. The lowest BCUT2D eigenvalue weighted by Gasteiger charge is -2.03. The second-order valence-electron chi connectivity index (χ2n) is 4.54. The normalized spacial score (nSPS) is 10.6. The van der Waals surface area contributed by atoms with Gasteiger partial charge in [-0.15, -0.1) is 0 Å². The summed E-state index contributed by atoms with van der Waals surface area (Å²) >= 11 is 0. The zero-order valence-corrected chi connectivity index (χ0v) is 12.0. The number of nitrogens with zero attached hydrogens (tertiary/aromatic N) is 5. The van der Waals surface area contributed by atoms with Gasteiger partial charge < -0.3 is 5.32 Å². The second-order valence-corrected chi connectivity index (χ2v) is 4.54. The van der Waals surface area contributed by atoms with Gasteiger partial charge in [-0.3, -0.25) is 24.3 Å². The molecule has 9 nitrogen and oxygen atoms in total. The van der Waals surface area contributed by atoms with E-state index in [1.54, 1.807) is 24.9 Å². The van der Waals surface area contributed by atoms with E-state index in [1.165, 1.54) is 10.9 Å². The number of aromatic nitrogens is 4. The molecule has 1 N–H and O–H groups in total. The summed E-state index contributed by atoms with van der Waals surface area (Å²) in [5, 5.41) is 21.6. The summed E-state index contributed by atoms with van der Waals surface area (Å²) in [5.74, 6) is -0.572. The Labute approximate surface area is 120 Å². The number of nitro groups is 1. The van der Waals surface area contributed by atoms with Crippen molar-refractivity contribution in [3.05, 3.63) is 39.5 Å². The number of aryl methyl sites for hydroxylation is 2. The van der Waals surface area contributed by atoms with Gasteiger partial charge in [0.25, 0.3) is 5.91 Å². The Morgan fingerprint density at radius 3 is 2.76 bits per heavy atom. The van der Waals surface area contributed by atoms with Gasteiger partial charge in [0.15, 0.2) is 0 Å². The van der Waals surface area contributed by atoms with Crippen LogP contribution in [0.25, 0.3) is 0 Å². The molecule has 1 amide bonds. The van der Waals surface area contributed by atoms with Gasteiger partial charge in [-0.05, 0) is 13.8 Å². The largest absolute Gasteiger partial charge is 0.346 e. The molecule has 0 fully saturated rings. The van der Waals surface area contributed by atoms with Crippen LogP contribution in [0, 0.1) is 17.0 Å². The first-order valence-corrected chi connectivity index (χ1v) is 6.41. The Kier molecular flexibility index (Phi) is 4.01. The van der Waals surface area contributed by atoms with Crippen LogP contribution >= 0.6 is 0 Å². The summed E-state index contributed by atoms with van der Waals surface area (Å²) in [4.78, 5) is 22.4. The molecule has 2 heterocycles. The molecule has 0 aliphatic carbocycles. The van der Waals surface area contributed by atoms with Crippen LogP contribution in [0.4, 0.5) is 5.69 Å². The molecule has 2 aromatic rings. The molecule has 2 aromatic heterocycles. The molecule has 21 heavy (non-hydrogen) atoms. The molecule has 112 valence electrons. The fraction of sp³-hybridized carbons (Fsp3) is 0.417. The van der Waals surface area contributed by atoms with Crippen molar-refractivity contribution in [3.8, 4) is 0 Å². The highest BCUT2D eigenvalue weighted by Crippen LogP contribution is 2.16. The van der Waals surface area contributed by atoms with Gasteiger partial charge in [-0.2, -0.15) is 10.2 Å². The molecule has 0 saturated heterocycles. The number of rotatable bonds is 5. The van der Waals surface area contributed by atoms with Gasteiger partial charge in [-0.1, -0.05) is 0 Å². The van der Waals surface area contributed by atoms with E-state index in [0.29, 0.717) is 6.54 Å². The first kappa shape index (κ1) is 14.7. The summed E-state index contributed by atoms with van der Waals surface area (Å²) in [7, 11) is 1.80. The van der Waals surface area contributed by atoms with Crippen molar-refractivity contribution < 1.29 is 9.72 Å². The van der Waals surface area contributed by atoms with Crippen LogP contribution in [0.1, 0.15) is 28.7 Å². The Morgan fingerprint density at radius 1 is 1.52 bits per heavy atom. The minimum absolute atomic E-state index is 0.177. The van der Waals surface area contributed by atoms with E-state index in [1.807, 2.05) is 6.92 Å². The minimum Gasteiger partial charge on any atom is -0.346 e. The molecule has 0 unspecified atom stereocenters. The van der Waals surface area contributed by atoms with Crippen molar-refractivity contribution in [2.45, 2.75) is 26.9 Å². The Morgan fingerprint density at radius 2 is 2.24 bits per heavy atom. The molecule has 0 bridgehead atoms. The third-order valence-electron chi connectivity index (χ3n) is 3.25. The maximum atomic E-state index is 12.1. The number of carbonyl (C=O) groups excluding carboxylic acids is 1. The third-order valence-corrected chi connectivity index (χ3v) is 3.25. The number of carbonyl (C=O) groups is 1. The van der Waals surface area contributed by atoms with E-state index >= 15 is 0 Å². The fourth-order valence-electron chi connectivity index (χ4n) is 1.85. The lowest BCUT2D eigenvalue weighted by Crippen LogP contribution is -2.24. The Bertz CT molecular complexity index is 687. The van der Waals surface area contributed by atoms with Gasteiger partial charge >= 0.3 is 5.69 Å². The fourth-order valence-corrected chi connectivity index (χ4v) is 1.85. The van der Waals surface area contributed by atoms with E-state index < -0.39 is 10.8 Å². The number of nitrogens with one attached hydrogen (secondary N) is 1.